The summed E-state index contributed by atoms with van der Waals surface area (Å²) >= 11 is 0. The Morgan fingerprint density at radius 1 is 0.750 bits per heavy atom. The van der Waals surface area contributed by atoms with Crippen LogP contribution < -0.4 is 4.74 Å². The lowest BCUT2D eigenvalue weighted by molar-refractivity contribution is 0.414. The first-order valence-corrected chi connectivity index (χ1v) is 8.02. The highest BCUT2D eigenvalue weighted by molar-refractivity contribution is 6.01. The van der Waals surface area contributed by atoms with Gasteiger partial charge >= 0.3 is 0 Å². The molecule has 0 radical (unpaired) electrons. The van der Waals surface area contributed by atoms with Gasteiger partial charge in [-0.1, -0.05) is 73.3 Å². The van der Waals surface area contributed by atoms with E-state index >= 15 is 0 Å². The summed E-state index contributed by atoms with van der Waals surface area (Å²) in [4.78, 5) is 0. The van der Waals surface area contributed by atoms with Crippen LogP contribution in [0.1, 0.15) is 11.1 Å². The summed E-state index contributed by atoms with van der Waals surface area (Å²) in [6.07, 6.45) is 0. The summed E-state index contributed by atoms with van der Waals surface area (Å²) < 4.78 is 5.62. The molecular formula is C23H18O. The van der Waals surface area contributed by atoms with Gasteiger partial charge in [0.2, 0.25) is 0 Å². The van der Waals surface area contributed by atoms with Crippen molar-refractivity contribution in [3.05, 3.63) is 96.6 Å². The molecule has 0 saturated heterocycles. The highest BCUT2D eigenvalue weighted by atomic mass is 16.5. The molecule has 4 rings (SSSR count). The van der Waals surface area contributed by atoms with Crippen molar-refractivity contribution in [1.82, 2.24) is 0 Å². The standard InChI is InChI=1S/C23H18O/c1-16(19-12-11-17-7-3-4-9-20(17)15-19)23-21-10-6-5-8-18(21)13-14-22(23)24-2/h3-15H,1H2,2H3. The average Bonchev–Trinajstić information content (AvgIpc) is 2.66. The monoisotopic (exact) mass is 310 g/mol. The third-order valence-corrected chi connectivity index (χ3v) is 4.51. The van der Waals surface area contributed by atoms with Crippen LogP contribution in [0.15, 0.2) is 85.4 Å². The second kappa shape index (κ2) is 5.86. The number of hydrogen-bond acceptors (Lipinski definition) is 1. The lowest BCUT2D eigenvalue weighted by Gasteiger charge is -2.15. The number of ether oxygens (including phenoxy) is 1. The number of rotatable bonds is 3. The summed E-state index contributed by atoms with van der Waals surface area (Å²) in [6, 6.07) is 27.3. The van der Waals surface area contributed by atoms with Crippen LogP contribution in [0.25, 0.3) is 27.1 Å². The van der Waals surface area contributed by atoms with Crippen molar-refractivity contribution in [2.45, 2.75) is 0 Å². The van der Waals surface area contributed by atoms with Gasteiger partial charge in [-0.2, -0.15) is 0 Å². The van der Waals surface area contributed by atoms with Crippen LogP contribution in [-0.4, -0.2) is 7.11 Å². The fraction of sp³-hybridized carbons (Fsp3) is 0.0435. The molecule has 0 N–H and O–H groups in total. The van der Waals surface area contributed by atoms with Gasteiger partial charge in [0, 0.05) is 5.56 Å². The predicted molar refractivity (Wildman–Crippen MR) is 103 cm³/mol. The van der Waals surface area contributed by atoms with Crippen LogP contribution >= 0.6 is 0 Å². The summed E-state index contributed by atoms with van der Waals surface area (Å²) in [6.45, 7) is 4.38. The van der Waals surface area contributed by atoms with E-state index in [9.17, 15) is 0 Å². The topological polar surface area (TPSA) is 9.23 Å². The molecule has 4 aromatic carbocycles. The van der Waals surface area contributed by atoms with Gasteiger partial charge < -0.3 is 4.74 Å². The maximum Gasteiger partial charge on any atom is 0.127 e. The molecule has 0 unspecified atom stereocenters. The van der Waals surface area contributed by atoms with Crippen molar-refractivity contribution in [3.63, 3.8) is 0 Å². The van der Waals surface area contributed by atoms with Gasteiger partial charge in [-0.3, -0.25) is 0 Å². The quantitative estimate of drug-likeness (QED) is 0.446. The molecule has 0 bridgehead atoms. The largest absolute Gasteiger partial charge is 0.496 e. The molecule has 0 spiro atoms. The molecule has 24 heavy (non-hydrogen) atoms. The first kappa shape index (κ1) is 14.5. The van der Waals surface area contributed by atoms with Crippen molar-refractivity contribution < 1.29 is 4.74 Å². The zero-order chi connectivity index (χ0) is 16.5. The van der Waals surface area contributed by atoms with Gasteiger partial charge in [0.05, 0.1) is 7.11 Å². The Morgan fingerprint density at radius 3 is 2.21 bits per heavy atom. The van der Waals surface area contributed by atoms with Crippen LogP contribution in [0, 0.1) is 0 Å². The minimum Gasteiger partial charge on any atom is -0.496 e. The van der Waals surface area contributed by atoms with Crippen molar-refractivity contribution in [2.24, 2.45) is 0 Å². The number of benzene rings is 4. The van der Waals surface area contributed by atoms with E-state index in [-0.39, 0.29) is 0 Å². The van der Waals surface area contributed by atoms with E-state index in [1.54, 1.807) is 7.11 Å². The second-order valence-corrected chi connectivity index (χ2v) is 5.90. The highest BCUT2D eigenvalue weighted by Gasteiger charge is 2.13. The first-order valence-electron chi connectivity index (χ1n) is 8.02. The molecule has 0 aliphatic carbocycles. The molecule has 0 heterocycles. The number of fused-ring (bicyclic) bond motifs is 2. The molecule has 0 aliphatic heterocycles. The fourth-order valence-corrected chi connectivity index (χ4v) is 3.25. The predicted octanol–water partition coefficient (Wildman–Crippen LogP) is 6.06. The molecule has 116 valence electrons. The molecular weight excluding hydrogens is 292 g/mol. The van der Waals surface area contributed by atoms with Gasteiger partial charge in [0.1, 0.15) is 5.75 Å². The van der Waals surface area contributed by atoms with E-state index in [4.69, 9.17) is 4.74 Å². The minimum absolute atomic E-state index is 0.854. The van der Waals surface area contributed by atoms with E-state index in [0.29, 0.717) is 0 Å². The lowest BCUT2D eigenvalue weighted by atomic mass is 9.92. The summed E-state index contributed by atoms with van der Waals surface area (Å²) in [5.74, 6) is 0.854. The molecule has 0 fully saturated rings. The molecule has 0 atom stereocenters. The van der Waals surface area contributed by atoms with E-state index in [0.717, 1.165) is 27.8 Å². The maximum absolute atomic E-state index is 5.62. The Bertz CT molecular complexity index is 1060. The zero-order valence-electron chi connectivity index (χ0n) is 13.6. The highest BCUT2D eigenvalue weighted by Crippen LogP contribution is 2.36. The Kier molecular flexibility index (Phi) is 3.55. The van der Waals surface area contributed by atoms with Gasteiger partial charge in [0.15, 0.2) is 0 Å². The van der Waals surface area contributed by atoms with Crippen LogP contribution in [0.2, 0.25) is 0 Å². The summed E-state index contributed by atoms with van der Waals surface area (Å²) in [7, 11) is 1.71. The number of hydrogen-bond donors (Lipinski definition) is 0. The zero-order valence-corrected chi connectivity index (χ0v) is 13.6. The van der Waals surface area contributed by atoms with Gasteiger partial charge in [-0.15, -0.1) is 0 Å². The second-order valence-electron chi connectivity index (χ2n) is 5.90. The van der Waals surface area contributed by atoms with Crippen molar-refractivity contribution in [3.8, 4) is 5.75 Å². The lowest BCUT2D eigenvalue weighted by Crippen LogP contribution is -1.94. The third-order valence-electron chi connectivity index (χ3n) is 4.51. The molecule has 1 nitrogen and oxygen atoms in total. The fourth-order valence-electron chi connectivity index (χ4n) is 3.25. The van der Waals surface area contributed by atoms with E-state index in [1.165, 1.54) is 16.2 Å². The third kappa shape index (κ3) is 2.35. The van der Waals surface area contributed by atoms with Gasteiger partial charge in [-0.05, 0) is 44.8 Å². The number of methoxy groups -OCH3 is 1. The molecule has 0 aliphatic rings. The SMILES string of the molecule is C=C(c1ccc2ccccc2c1)c1c(OC)ccc2ccccc12. The molecule has 0 amide bonds. The molecule has 4 aromatic rings. The van der Waals surface area contributed by atoms with Crippen molar-refractivity contribution in [1.29, 1.82) is 0 Å². The Labute approximate surface area is 141 Å². The first-order chi connectivity index (χ1) is 11.8. The molecule has 0 aromatic heterocycles. The Balaban J connectivity index is 1.93. The van der Waals surface area contributed by atoms with E-state index < -0.39 is 0 Å². The Morgan fingerprint density at radius 2 is 1.42 bits per heavy atom. The van der Waals surface area contributed by atoms with Crippen LogP contribution in [0.3, 0.4) is 0 Å². The smallest absolute Gasteiger partial charge is 0.127 e. The minimum atomic E-state index is 0.854. The molecule has 0 saturated carbocycles. The van der Waals surface area contributed by atoms with Crippen molar-refractivity contribution >= 4 is 27.1 Å². The van der Waals surface area contributed by atoms with Crippen LogP contribution in [-0.2, 0) is 0 Å². The van der Waals surface area contributed by atoms with Crippen molar-refractivity contribution in [2.75, 3.05) is 7.11 Å². The van der Waals surface area contributed by atoms with Crippen LogP contribution in [0.4, 0.5) is 0 Å². The Hall–Kier alpha value is -3.06. The van der Waals surface area contributed by atoms with Crippen LogP contribution in [0.5, 0.6) is 5.75 Å². The van der Waals surface area contributed by atoms with Gasteiger partial charge in [0.25, 0.3) is 0 Å². The molecule has 1 heteroatoms. The maximum atomic E-state index is 5.62. The van der Waals surface area contributed by atoms with E-state index in [2.05, 4.69) is 79.4 Å². The van der Waals surface area contributed by atoms with E-state index in [1.807, 2.05) is 6.07 Å². The summed E-state index contributed by atoms with van der Waals surface area (Å²) in [5.41, 5.74) is 3.16. The normalized spacial score (nSPS) is 10.9. The summed E-state index contributed by atoms with van der Waals surface area (Å²) in [5, 5.41) is 4.81. The van der Waals surface area contributed by atoms with Gasteiger partial charge in [-0.25, -0.2) is 0 Å². The average molecular weight is 310 g/mol.